The molecule has 2 aromatic rings. The first-order chi connectivity index (χ1) is 8.09. The van der Waals surface area contributed by atoms with Crippen LogP contribution in [0.1, 0.15) is 10.5 Å². The maximum absolute atomic E-state index is 11.0. The van der Waals surface area contributed by atoms with E-state index in [9.17, 15) is 9.90 Å². The van der Waals surface area contributed by atoms with Gasteiger partial charge in [-0.15, -0.1) is 0 Å². The molecule has 0 aliphatic rings. The predicted octanol–water partition coefficient (Wildman–Crippen LogP) is 2.81. The molecule has 0 aliphatic heterocycles. The maximum Gasteiger partial charge on any atom is 0.355 e. The minimum absolute atomic E-state index is 0.0181. The average molecular weight is 250 g/mol. The largest absolute Gasteiger partial charge is 0.508 e. The van der Waals surface area contributed by atoms with Gasteiger partial charge in [-0.2, -0.15) is 0 Å². The van der Waals surface area contributed by atoms with Crippen molar-refractivity contribution in [1.29, 1.82) is 0 Å². The molecule has 0 fully saturated rings. The summed E-state index contributed by atoms with van der Waals surface area (Å²) in [6.45, 7) is 0. The predicted molar refractivity (Wildman–Crippen MR) is 63.3 cm³/mol. The Morgan fingerprint density at radius 3 is 2.71 bits per heavy atom. The van der Waals surface area contributed by atoms with Crippen LogP contribution >= 0.6 is 11.6 Å². The zero-order valence-corrected chi connectivity index (χ0v) is 9.35. The third-order valence-electron chi connectivity index (χ3n) is 2.25. The summed E-state index contributed by atoms with van der Waals surface area (Å²) in [7, 11) is 0. The van der Waals surface area contributed by atoms with Crippen molar-refractivity contribution in [3.63, 3.8) is 0 Å². The first-order valence-electron chi connectivity index (χ1n) is 4.77. The van der Waals surface area contributed by atoms with Gasteiger partial charge in [-0.1, -0.05) is 17.7 Å². The van der Waals surface area contributed by atoms with Crippen molar-refractivity contribution in [3.8, 4) is 16.9 Å². The number of phenolic OH excluding ortho intramolecular Hbond substituents is 1. The van der Waals surface area contributed by atoms with Crippen LogP contribution in [-0.2, 0) is 0 Å². The number of benzene rings is 1. The highest BCUT2D eigenvalue weighted by Crippen LogP contribution is 2.32. The van der Waals surface area contributed by atoms with Crippen LogP contribution in [0.3, 0.4) is 0 Å². The number of aromatic carboxylic acids is 1. The highest BCUT2D eigenvalue weighted by atomic mass is 35.5. The number of rotatable bonds is 2. The molecule has 17 heavy (non-hydrogen) atoms. The number of carboxylic acid groups (broad SMARTS) is 1. The van der Waals surface area contributed by atoms with Gasteiger partial charge in [0.2, 0.25) is 0 Å². The number of hydrogen-bond acceptors (Lipinski definition) is 3. The third kappa shape index (κ3) is 2.21. The number of nitrogens with zero attached hydrogens (tertiary/aromatic N) is 1. The minimum atomic E-state index is -1.14. The van der Waals surface area contributed by atoms with Crippen LogP contribution in [0.25, 0.3) is 11.1 Å². The molecule has 0 aliphatic carbocycles. The molecule has 2 rings (SSSR count). The summed E-state index contributed by atoms with van der Waals surface area (Å²) in [6.07, 6.45) is 1.39. The van der Waals surface area contributed by atoms with E-state index in [1.54, 1.807) is 12.1 Å². The molecule has 2 N–H and O–H groups in total. The Kier molecular flexibility index (Phi) is 2.97. The van der Waals surface area contributed by atoms with Gasteiger partial charge in [0.15, 0.2) is 5.69 Å². The summed E-state index contributed by atoms with van der Waals surface area (Å²) in [5, 5.41) is 18.8. The molecule has 0 unspecified atom stereocenters. The fourth-order valence-electron chi connectivity index (χ4n) is 1.51. The summed E-state index contributed by atoms with van der Waals surface area (Å²) in [4.78, 5) is 14.8. The molecule has 0 spiro atoms. The molecule has 1 heterocycles. The molecule has 0 saturated heterocycles. The van der Waals surface area contributed by atoms with Crippen molar-refractivity contribution in [2.24, 2.45) is 0 Å². The van der Waals surface area contributed by atoms with Crippen LogP contribution in [0.15, 0.2) is 36.5 Å². The van der Waals surface area contributed by atoms with Gasteiger partial charge in [-0.3, -0.25) is 0 Å². The zero-order valence-electron chi connectivity index (χ0n) is 8.59. The van der Waals surface area contributed by atoms with Crippen LogP contribution in [0.2, 0.25) is 5.02 Å². The van der Waals surface area contributed by atoms with E-state index < -0.39 is 5.97 Å². The van der Waals surface area contributed by atoms with Gasteiger partial charge in [-0.05, 0) is 24.3 Å². The smallest absolute Gasteiger partial charge is 0.355 e. The van der Waals surface area contributed by atoms with E-state index in [4.69, 9.17) is 16.7 Å². The van der Waals surface area contributed by atoms with E-state index in [1.165, 1.54) is 24.4 Å². The fourth-order valence-corrected chi connectivity index (χ4v) is 1.73. The lowest BCUT2D eigenvalue weighted by Gasteiger charge is -2.07. The maximum atomic E-state index is 11.0. The van der Waals surface area contributed by atoms with E-state index in [1.807, 2.05) is 0 Å². The lowest BCUT2D eigenvalue weighted by Crippen LogP contribution is -2.02. The van der Waals surface area contributed by atoms with E-state index in [0.29, 0.717) is 16.1 Å². The number of phenols is 1. The number of carboxylic acids is 1. The van der Waals surface area contributed by atoms with Gasteiger partial charge in [0.05, 0.1) is 0 Å². The first kappa shape index (κ1) is 11.4. The Bertz CT molecular complexity index is 584. The number of aromatic hydroxyl groups is 1. The normalized spacial score (nSPS) is 10.2. The first-order valence-corrected chi connectivity index (χ1v) is 5.14. The number of pyridine rings is 1. The molecule has 5 heteroatoms. The molecule has 0 radical (unpaired) electrons. The van der Waals surface area contributed by atoms with Gasteiger partial charge in [0, 0.05) is 22.3 Å². The number of hydrogen-bond donors (Lipinski definition) is 2. The van der Waals surface area contributed by atoms with Crippen LogP contribution in [-0.4, -0.2) is 21.2 Å². The Balaban J connectivity index is 2.68. The SMILES string of the molecule is O=C(O)c1ncccc1-c1cc(O)ccc1Cl. The summed E-state index contributed by atoms with van der Waals surface area (Å²) in [5.41, 5.74) is 0.720. The van der Waals surface area contributed by atoms with Crippen LogP contribution in [0.5, 0.6) is 5.75 Å². The second kappa shape index (κ2) is 4.43. The van der Waals surface area contributed by atoms with Crippen LogP contribution in [0, 0.1) is 0 Å². The van der Waals surface area contributed by atoms with Gasteiger partial charge < -0.3 is 10.2 Å². The molecule has 1 aromatic heterocycles. The second-order valence-electron chi connectivity index (χ2n) is 3.37. The fraction of sp³-hybridized carbons (Fsp3) is 0. The van der Waals surface area contributed by atoms with Crippen molar-refractivity contribution in [2.75, 3.05) is 0 Å². The Morgan fingerprint density at radius 2 is 2.00 bits per heavy atom. The topological polar surface area (TPSA) is 70.4 Å². The van der Waals surface area contributed by atoms with Crippen LogP contribution < -0.4 is 0 Å². The molecule has 0 atom stereocenters. The molecular weight excluding hydrogens is 242 g/mol. The Morgan fingerprint density at radius 1 is 1.24 bits per heavy atom. The molecule has 0 saturated carbocycles. The highest BCUT2D eigenvalue weighted by Gasteiger charge is 2.15. The van der Waals surface area contributed by atoms with E-state index in [2.05, 4.69) is 4.98 Å². The summed E-state index contributed by atoms with van der Waals surface area (Å²) in [6, 6.07) is 7.55. The zero-order chi connectivity index (χ0) is 12.4. The lowest BCUT2D eigenvalue weighted by atomic mass is 10.0. The molecular formula is C12H8ClNO3. The van der Waals surface area contributed by atoms with Gasteiger partial charge in [0.1, 0.15) is 5.75 Å². The number of carbonyl (C=O) groups is 1. The van der Waals surface area contributed by atoms with Crippen molar-refractivity contribution < 1.29 is 15.0 Å². The van der Waals surface area contributed by atoms with E-state index >= 15 is 0 Å². The molecule has 0 bridgehead atoms. The second-order valence-corrected chi connectivity index (χ2v) is 3.78. The third-order valence-corrected chi connectivity index (χ3v) is 2.58. The van der Waals surface area contributed by atoms with E-state index in [0.717, 1.165) is 0 Å². The summed E-state index contributed by atoms with van der Waals surface area (Å²) >= 11 is 5.98. The van der Waals surface area contributed by atoms with E-state index in [-0.39, 0.29) is 11.4 Å². The van der Waals surface area contributed by atoms with Gasteiger partial charge in [-0.25, -0.2) is 9.78 Å². The molecule has 1 aromatic carbocycles. The van der Waals surface area contributed by atoms with Gasteiger partial charge in [0.25, 0.3) is 0 Å². The Labute approximate surface area is 102 Å². The number of aromatic nitrogens is 1. The summed E-state index contributed by atoms with van der Waals surface area (Å²) < 4.78 is 0. The summed E-state index contributed by atoms with van der Waals surface area (Å²) in [5.74, 6) is -1.12. The van der Waals surface area contributed by atoms with Gasteiger partial charge >= 0.3 is 5.97 Å². The van der Waals surface area contributed by atoms with Crippen LogP contribution in [0.4, 0.5) is 0 Å². The van der Waals surface area contributed by atoms with Crippen molar-refractivity contribution in [2.45, 2.75) is 0 Å². The monoisotopic (exact) mass is 249 g/mol. The van der Waals surface area contributed by atoms with Crippen molar-refractivity contribution in [3.05, 3.63) is 47.2 Å². The standard InChI is InChI=1S/C12H8ClNO3/c13-10-4-3-7(15)6-9(10)8-2-1-5-14-11(8)12(16)17/h1-6,15H,(H,16,17). The average Bonchev–Trinajstić information content (AvgIpc) is 2.32. The molecule has 4 nitrogen and oxygen atoms in total. The highest BCUT2D eigenvalue weighted by molar-refractivity contribution is 6.33. The minimum Gasteiger partial charge on any atom is -0.508 e. The lowest BCUT2D eigenvalue weighted by molar-refractivity contribution is 0.0691. The molecule has 86 valence electrons. The molecule has 0 amide bonds. The quantitative estimate of drug-likeness (QED) is 0.859. The number of halogens is 1. The Hall–Kier alpha value is -2.07. The van der Waals surface area contributed by atoms with Crippen molar-refractivity contribution in [1.82, 2.24) is 4.98 Å². The van der Waals surface area contributed by atoms with Crippen molar-refractivity contribution >= 4 is 17.6 Å².